The van der Waals surface area contributed by atoms with Crippen LogP contribution in [0.3, 0.4) is 0 Å². The van der Waals surface area contributed by atoms with Gasteiger partial charge in [0.1, 0.15) is 23.7 Å². The van der Waals surface area contributed by atoms with Crippen LogP contribution in [0, 0.1) is 0 Å². The van der Waals surface area contributed by atoms with Gasteiger partial charge in [-0.1, -0.05) is 60.7 Å². The number of fused-ring (bicyclic) bond motifs is 2. The van der Waals surface area contributed by atoms with Crippen molar-refractivity contribution in [2.45, 2.75) is 12.6 Å². The van der Waals surface area contributed by atoms with Crippen molar-refractivity contribution in [2.75, 3.05) is 12.0 Å². The highest BCUT2D eigenvalue weighted by atomic mass is 16.5. The number of anilines is 1. The molecule has 0 spiro atoms. The van der Waals surface area contributed by atoms with Gasteiger partial charge in [-0.05, 0) is 47.5 Å². The van der Waals surface area contributed by atoms with Gasteiger partial charge in [-0.3, -0.25) is 14.5 Å². The lowest BCUT2D eigenvalue weighted by Crippen LogP contribution is -2.29. The minimum absolute atomic E-state index is 0.0564. The van der Waals surface area contributed by atoms with Gasteiger partial charge in [0.05, 0.1) is 24.1 Å². The summed E-state index contributed by atoms with van der Waals surface area (Å²) < 4.78 is 17.4. The number of benzene rings is 4. The predicted octanol–water partition coefficient (Wildman–Crippen LogP) is 6.13. The van der Waals surface area contributed by atoms with Crippen LogP contribution in [0.5, 0.6) is 11.5 Å². The summed E-state index contributed by atoms with van der Waals surface area (Å²) in [7, 11) is 1.57. The predicted molar refractivity (Wildman–Crippen MR) is 141 cm³/mol. The highest BCUT2D eigenvalue weighted by Crippen LogP contribution is 2.42. The summed E-state index contributed by atoms with van der Waals surface area (Å²) in [6, 6.07) is 30.9. The molecule has 1 atom stereocenters. The van der Waals surface area contributed by atoms with E-state index in [4.69, 9.17) is 13.9 Å². The number of hydrogen-bond donors (Lipinski definition) is 0. The Morgan fingerprint density at radius 2 is 1.57 bits per heavy atom. The van der Waals surface area contributed by atoms with Crippen molar-refractivity contribution in [1.82, 2.24) is 0 Å². The molecule has 6 heteroatoms. The van der Waals surface area contributed by atoms with E-state index in [9.17, 15) is 9.59 Å². The average Bonchev–Trinajstić information content (AvgIpc) is 3.25. The molecular formula is C31H23NO5. The van der Waals surface area contributed by atoms with Crippen LogP contribution in [0.4, 0.5) is 5.69 Å². The number of ether oxygens (including phenoxy) is 2. The summed E-state index contributed by atoms with van der Waals surface area (Å²) in [6.45, 7) is 0.441. The van der Waals surface area contributed by atoms with E-state index in [2.05, 4.69) is 0 Å². The van der Waals surface area contributed by atoms with E-state index in [1.807, 2.05) is 72.8 Å². The first-order valence-corrected chi connectivity index (χ1v) is 11.9. The van der Waals surface area contributed by atoms with Crippen LogP contribution in [0.1, 0.15) is 33.3 Å². The highest BCUT2D eigenvalue weighted by molar-refractivity contribution is 6.10. The molecule has 4 aromatic carbocycles. The third kappa shape index (κ3) is 4.02. The molecule has 0 bridgehead atoms. The van der Waals surface area contributed by atoms with Crippen LogP contribution in [-0.4, -0.2) is 13.0 Å². The van der Waals surface area contributed by atoms with E-state index in [0.717, 1.165) is 11.1 Å². The van der Waals surface area contributed by atoms with E-state index in [-0.39, 0.29) is 17.1 Å². The first-order chi connectivity index (χ1) is 18.1. The minimum atomic E-state index is -0.668. The molecule has 0 fully saturated rings. The number of hydrogen-bond acceptors (Lipinski definition) is 5. The zero-order valence-electron chi connectivity index (χ0n) is 20.1. The highest BCUT2D eigenvalue weighted by Gasteiger charge is 2.43. The molecule has 5 aromatic rings. The molecule has 182 valence electrons. The minimum Gasteiger partial charge on any atom is -0.497 e. The Bertz CT molecular complexity index is 1660. The molecule has 0 aliphatic carbocycles. The maximum atomic E-state index is 13.7. The fraction of sp³-hybridized carbons (Fsp3) is 0.0968. The Balaban J connectivity index is 1.44. The topological polar surface area (TPSA) is 69.0 Å². The van der Waals surface area contributed by atoms with Gasteiger partial charge < -0.3 is 13.9 Å². The SMILES string of the molecule is COc1cccc(N2C(=O)c3oc4ccccc4c(=O)c3C2c2ccc(OCc3ccccc3)cc2)c1. The van der Waals surface area contributed by atoms with Crippen LogP contribution in [-0.2, 0) is 6.61 Å². The average molecular weight is 490 g/mol. The van der Waals surface area contributed by atoms with Crippen molar-refractivity contribution in [3.05, 3.63) is 136 Å². The lowest BCUT2D eigenvalue weighted by molar-refractivity contribution is 0.0971. The lowest BCUT2D eigenvalue weighted by atomic mass is 9.98. The molecular weight excluding hydrogens is 466 g/mol. The molecule has 1 unspecified atom stereocenters. The van der Waals surface area contributed by atoms with Gasteiger partial charge in [-0.25, -0.2) is 0 Å². The maximum Gasteiger partial charge on any atom is 0.295 e. The van der Waals surface area contributed by atoms with Gasteiger partial charge in [0.15, 0.2) is 5.43 Å². The fourth-order valence-corrected chi connectivity index (χ4v) is 4.75. The van der Waals surface area contributed by atoms with Crippen LogP contribution in [0.15, 0.2) is 112 Å². The van der Waals surface area contributed by atoms with Crippen LogP contribution in [0.25, 0.3) is 11.0 Å². The third-order valence-electron chi connectivity index (χ3n) is 6.55. The summed E-state index contributed by atoms with van der Waals surface area (Å²) in [5, 5.41) is 0.439. The Kier molecular flexibility index (Phi) is 5.69. The maximum absolute atomic E-state index is 13.7. The van der Waals surface area contributed by atoms with Crippen molar-refractivity contribution in [2.24, 2.45) is 0 Å². The molecule has 6 nitrogen and oxygen atoms in total. The quantitative estimate of drug-likeness (QED) is 0.287. The standard InChI is InChI=1S/C31H23NO5/c1-35-24-11-7-10-22(18-24)32-28(21-14-16-23(17-15-21)36-19-20-8-3-2-4-9-20)27-29(33)25-12-5-6-13-26(25)37-30(27)31(32)34/h2-18,28H,19H2,1H3. The number of carbonyl (C=O) groups excluding carboxylic acids is 1. The molecule has 37 heavy (non-hydrogen) atoms. The number of amides is 1. The van der Waals surface area contributed by atoms with Crippen molar-refractivity contribution in [3.63, 3.8) is 0 Å². The van der Waals surface area contributed by atoms with E-state index >= 15 is 0 Å². The van der Waals surface area contributed by atoms with Gasteiger partial charge >= 0.3 is 0 Å². The Labute approximate surface area is 213 Å². The first-order valence-electron chi connectivity index (χ1n) is 11.9. The second-order valence-electron chi connectivity index (χ2n) is 8.79. The normalized spacial score (nSPS) is 14.6. The van der Waals surface area contributed by atoms with Crippen molar-refractivity contribution in [1.29, 1.82) is 0 Å². The van der Waals surface area contributed by atoms with E-state index < -0.39 is 6.04 Å². The van der Waals surface area contributed by atoms with E-state index in [1.54, 1.807) is 42.3 Å². The van der Waals surface area contributed by atoms with Crippen LogP contribution < -0.4 is 19.8 Å². The number of carbonyl (C=O) groups is 1. The smallest absolute Gasteiger partial charge is 0.295 e. The summed E-state index contributed by atoms with van der Waals surface area (Å²) in [6.07, 6.45) is 0. The second-order valence-corrected chi connectivity index (χ2v) is 8.79. The summed E-state index contributed by atoms with van der Waals surface area (Å²) in [5.74, 6) is 0.978. The Morgan fingerprint density at radius 1 is 0.811 bits per heavy atom. The third-order valence-corrected chi connectivity index (χ3v) is 6.55. The fourth-order valence-electron chi connectivity index (χ4n) is 4.75. The van der Waals surface area contributed by atoms with E-state index in [0.29, 0.717) is 40.3 Å². The first kappa shape index (κ1) is 22.6. The molecule has 1 aromatic heterocycles. The molecule has 2 heterocycles. The van der Waals surface area contributed by atoms with Crippen LogP contribution in [0.2, 0.25) is 0 Å². The molecule has 6 rings (SSSR count). The number of methoxy groups -OCH3 is 1. The molecule has 0 saturated heterocycles. The van der Waals surface area contributed by atoms with Gasteiger partial charge in [-0.15, -0.1) is 0 Å². The monoisotopic (exact) mass is 489 g/mol. The summed E-state index contributed by atoms with van der Waals surface area (Å²) in [4.78, 5) is 29.0. The number of para-hydroxylation sites is 1. The Morgan fingerprint density at radius 3 is 2.35 bits per heavy atom. The van der Waals surface area contributed by atoms with Gasteiger partial charge in [0, 0.05) is 11.8 Å². The molecule has 0 radical (unpaired) electrons. The molecule has 1 amide bonds. The van der Waals surface area contributed by atoms with Crippen molar-refractivity contribution >= 4 is 22.6 Å². The van der Waals surface area contributed by atoms with Gasteiger partial charge in [0.25, 0.3) is 5.91 Å². The zero-order chi connectivity index (χ0) is 25.4. The van der Waals surface area contributed by atoms with Crippen molar-refractivity contribution < 1.29 is 18.7 Å². The summed E-state index contributed by atoms with van der Waals surface area (Å²) >= 11 is 0. The summed E-state index contributed by atoms with van der Waals surface area (Å²) in [5.41, 5.74) is 2.93. The molecule has 1 aliphatic heterocycles. The van der Waals surface area contributed by atoms with Gasteiger partial charge in [-0.2, -0.15) is 0 Å². The van der Waals surface area contributed by atoms with E-state index in [1.165, 1.54) is 0 Å². The zero-order valence-corrected chi connectivity index (χ0v) is 20.1. The second kappa shape index (κ2) is 9.32. The van der Waals surface area contributed by atoms with Crippen molar-refractivity contribution in [3.8, 4) is 11.5 Å². The largest absolute Gasteiger partial charge is 0.497 e. The van der Waals surface area contributed by atoms with Gasteiger partial charge in [0.2, 0.25) is 5.76 Å². The Hall–Kier alpha value is -4.84. The molecule has 1 aliphatic rings. The van der Waals surface area contributed by atoms with Crippen LogP contribution >= 0.6 is 0 Å². The molecule has 0 saturated carbocycles. The molecule has 0 N–H and O–H groups in total. The lowest BCUT2D eigenvalue weighted by Gasteiger charge is -2.25. The number of nitrogens with zero attached hydrogens (tertiary/aromatic N) is 1. The number of rotatable bonds is 6.